The highest BCUT2D eigenvalue weighted by atomic mass is 35.5. The fourth-order valence-electron chi connectivity index (χ4n) is 1.41. The maximum atomic E-state index is 11.8. The van der Waals surface area contributed by atoms with Crippen LogP contribution in [0.25, 0.3) is 0 Å². The molecule has 0 saturated carbocycles. The lowest BCUT2D eigenvalue weighted by molar-refractivity contribution is -0.125. The van der Waals surface area contributed by atoms with Crippen molar-refractivity contribution in [3.8, 4) is 0 Å². The third-order valence-corrected chi connectivity index (χ3v) is 3.10. The lowest BCUT2D eigenvalue weighted by atomic mass is 10.1. The molecule has 0 aliphatic heterocycles. The second-order valence-electron chi connectivity index (χ2n) is 4.95. The van der Waals surface area contributed by atoms with E-state index in [0.717, 1.165) is 0 Å². The number of nitrogens with two attached hydrogens (primary N) is 1. The number of amides is 1. The van der Waals surface area contributed by atoms with Crippen LogP contribution in [-0.2, 0) is 9.53 Å². The van der Waals surface area contributed by atoms with E-state index in [0.29, 0.717) is 16.6 Å². The minimum absolute atomic E-state index is 0.0167. The number of carbonyl (C=O) groups is 2. The summed E-state index contributed by atoms with van der Waals surface area (Å²) in [6.45, 7) is 5.54. The third-order valence-electron chi connectivity index (χ3n) is 2.88. The molecule has 0 bridgehead atoms. The van der Waals surface area contributed by atoms with Crippen LogP contribution in [-0.4, -0.2) is 24.5 Å². The number of carbonyl (C=O) groups excluding carboxylic acids is 2. The maximum Gasteiger partial charge on any atom is 0.338 e. The molecule has 3 N–H and O–H groups in total. The van der Waals surface area contributed by atoms with Crippen molar-refractivity contribution < 1.29 is 14.3 Å². The number of nitrogens with one attached hydrogen (secondary N) is 1. The van der Waals surface area contributed by atoms with Gasteiger partial charge in [0.2, 0.25) is 0 Å². The molecule has 1 amide bonds. The van der Waals surface area contributed by atoms with Crippen molar-refractivity contribution in [3.63, 3.8) is 0 Å². The summed E-state index contributed by atoms with van der Waals surface area (Å²) in [5.41, 5.74) is 6.17. The number of rotatable bonds is 5. The van der Waals surface area contributed by atoms with Gasteiger partial charge in [0.15, 0.2) is 6.61 Å². The van der Waals surface area contributed by atoms with Crippen molar-refractivity contribution in [2.45, 2.75) is 26.8 Å². The SMILES string of the molecule is CC(C)C(C)NC(=O)COC(=O)c1cc(N)cc(Cl)c1. The van der Waals surface area contributed by atoms with E-state index in [1.54, 1.807) is 0 Å². The second-order valence-corrected chi connectivity index (χ2v) is 5.39. The molecular formula is C14H19ClN2O3. The molecule has 110 valence electrons. The summed E-state index contributed by atoms with van der Waals surface area (Å²) in [7, 11) is 0. The Morgan fingerprint density at radius 2 is 1.95 bits per heavy atom. The van der Waals surface area contributed by atoms with Gasteiger partial charge in [0.05, 0.1) is 5.56 Å². The normalized spacial score (nSPS) is 12.1. The van der Waals surface area contributed by atoms with Crippen LogP contribution in [0.5, 0.6) is 0 Å². The van der Waals surface area contributed by atoms with Crippen molar-refractivity contribution in [1.29, 1.82) is 0 Å². The first-order valence-corrected chi connectivity index (χ1v) is 6.70. The standard InChI is InChI=1S/C14H19ClN2O3/c1-8(2)9(3)17-13(18)7-20-14(19)10-4-11(15)6-12(16)5-10/h4-6,8-9H,7,16H2,1-3H3,(H,17,18). The van der Waals surface area contributed by atoms with Gasteiger partial charge in [-0.15, -0.1) is 0 Å². The fourth-order valence-corrected chi connectivity index (χ4v) is 1.65. The van der Waals surface area contributed by atoms with Crippen LogP contribution in [0, 0.1) is 5.92 Å². The van der Waals surface area contributed by atoms with Crippen LogP contribution in [0.15, 0.2) is 18.2 Å². The van der Waals surface area contributed by atoms with Gasteiger partial charge in [-0.25, -0.2) is 4.79 Å². The Bertz CT molecular complexity index is 483. The molecule has 0 aromatic heterocycles. The van der Waals surface area contributed by atoms with Crippen LogP contribution in [0.1, 0.15) is 31.1 Å². The molecule has 0 aliphatic carbocycles. The maximum absolute atomic E-state index is 11.8. The van der Waals surface area contributed by atoms with Crippen molar-refractivity contribution >= 4 is 29.2 Å². The smallest absolute Gasteiger partial charge is 0.338 e. The number of hydrogen-bond acceptors (Lipinski definition) is 4. The van der Waals surface area contributed by atoms with E-state index in [2.05, 4.69) is 5.32 Å². The van der Waals surface area contributed by atoms with E-state index >= 15 is 0 Å². The average Bonchev–Trinajstić information content (AvgIpc) is 2.34. The topological polar surface area (TPSA) is 81.4 Å². The molecule has 1 unspecified atom stereocenters. The quantitative estimate of drug-likeness (QED) is 0.645. The van der Waals surface area contributed by atoms with E-state index in [-0.39, 0.29) is 24.1 Å². The number of anilines is 1. The monoisotopic (exact) mass is 298 g/mol. The highest BCUT2D eigenvalue weighted by molar-refractivity contribution is 6.31. The summed E-state index contributed by atoms with van der Waals surface area (Å²) < 4.78 is 4.92. The number of nitrogen functional groups attached to an aromatic ring is 1. The van der Waals surface area contributed by atoms with Crippen LogP contribution < -0.4 is 11.1 Å². The van der Waals surface area contributed by atoms with Gasteiger partial charge in [-0.3, -0.25) is 4.79 Å². The van der Waals surface area contributed by atoms with Crippen LogP contribution in [0.2, 0.25) is 5.02 Å². The van der Waals surface area contributed by atoms with Crippen molar-refractivity contribution in [3.05, 3.63) is 28.8 Å². The highest BCUT2D eigenvalue weighted by Gasteiger charge is 2.14. The molecule has 0 spiro atoms. The number of benzene rings is 1. The molecule has 6 heteroatoms. The van der Waals surface area contributed by atoms with E-state index in [1.165, 1.54) is 18.2 Å². The zero-order valence-electron chi connectivity index (χ0n) is 11.8. The van der Waals surface area contributed by atoms with Crippen LogP contribution in [0.3, 0.4) is 0 Å². The van der Waals surface area contributed by atoms with Crippen molar-refractivity contribution in [2.75, 3.05) is 12.3 Å². The predicted octanol–water partition coefficient (Wildman–Crippen LogP) is 2.24. The predicted molar refractivity (Wildman–Crippen MR) is 78.6 cm³/mol. The van der Waals surface area contributed by atoms with Crippen molar-refractivity contribution in [2.24, 2.45) is 5.92 Å². The summed E-state index contributed by atoms with van der Waals surface area (Å²) in [6, 6.07) is 4.43. The molecule has 5 nitrogen and oxygen atoms in total. The van der Waals surface area contributed by atoms with Gasteiger partial charge >= 0.3 is 5.97 Å². The molecule has 0 aliphatic rings. The Balaban J connectivity index is 2.53. The van der Waals surface area contributed by atoms with Crippen molar-refractivity contribution in [1.82, 2.24) is 5.32 Å². The lowest BCUT2D eigenvalue weighted by Gasteiger charge is -2.17. The zero-order chi connectivity index (χ0) is 15.3. The van der Waals surface area contributed by atoms with E-state index < -0.39 is 5.97 Å². The lowest BCUT2D eigenvalue weighted by Crippen LogP contribution is -2.38. The van der Waals surface area contributed by atoms with E-state index in [1.807, 2.05) is 20.8 Å². The third kappa shape index (κ3) is 5.09. The highest BCUT2D eigenvalue weighted by Crippen LogP contribution is 2.17. The molecule has 1 aromatic carbocycles. The number of ether oxygens (including phenoxy) is 1. The second kappa shape index (κ2) is 7.14. The molecular weight excluding hydrogens is 280 g/mol. The summed E-state index contributed by atoms with van der Waals surface area (Å²) in [5.74, 6) is -0.663. The molecule has 1 aromatic rings. The van der Waals surface area contributed by atoms with Gasteiger partial charge < -0.3 is 15.8 Å². The van der Waals surface area contributed by atoms with Gasteiger partial charge in [0.1, 0.15) is 0 Å². The molecule has 1 atom stereocenters. The Morgan fingerprint density at radius 3 is 2.50 bits per heavy atom. The zero-order valence-corrected chi connectivity index (χ0v) is 12.5. The first-order chi connectivity index (χ1) is 9.29. The molecule has 0 radical (unpaired) electrons. The van der Waals surface area contributed by atoms with E-state index in [4.69, 9.17) is 22.1 Å². The molecule has 0 fully saturated rings. The summed E-state index contributed by atoms with van der Waals surface area (Å²) in [6.07, 6.45) is 0. The Labute approximate surface area is 123 Å². The van der Waals surface area contributed by atoms with Gasteiger partial charge in [-0.05, 0) is 31.0 Å². The van der Waals surface area contributed by atoms with Crippen LogP contribution >= 0.6 is 11.6 Å². The minimum Gasteiger partial charge on any atom is -0.452 e. The number of halogens is 1. The Morgan fingerprint density at radius 1 is 1.30 bits per heavy atom. The van der Waals surface area contributed by atoms with Crippen LogP contribution in [0.4, 0.5) is 5.69 Å². The van der Waals surface area contributed by atoms with Gasteiger partial charge in [0.25, 0.3) is 5.91 Å². The summed E-state index contributed by atoms with van der Waals surface area (Å²) in [5, 5.41) is 3.08. The largest absolute Gasteiger partial charge is 0.452 e. The Hall–Kier alpha value is -1.75. The molecule has 0 saturated heterocycles. The molecule has 20 heavy (non-hydrogen) atoms. The summed E-state index contributed by atoms with van der Waals surface area (Å²) >= 11 is 5.79. The molecule has 1 rings (SSSR count). The van der Waals surface area contributed by atoms with E-state index in [9.17, 15) is 9.59 Å². The fraction of sp³-hybridized carbons (Fsp3) is 0.429. The Kier molecular flexibility index (Phi) is 5.82. The molecule has 0 heterocycles. The first-order valence-electron chi connectivity index (χ1n) is 6.32. The number of esters is 1. The minimum atomic E-state index is -0.633. The van der Waals surface area contributed by atoms with Gasteiger partial charge in [0, 0.05) is 16.8 Å². The average molecular weight is 299 g/mol. The van der Waals surface area contributed by atoms with Gasteiger partial charge in [-0.2, -0.15) is 0 Å². The first kappa shape index (κ1) is 16.3. The van der Waals surface area contributed by atoms with Gasteiger partial charge in [-0.1, -0.05) is 25.4 Å². The summed E-state index contributed by atoms with van der Waals surface area (Å²) in [4.78, 5) is 23.3. The number of hydrogen-bond donors (Lipinski definition) is 2.